The number of hydrogen-bond acceptors (Lipinski definition) is 5. The highest BCUT2D eigenvalue weighted by Crippen LogP contribution is 2.22. The Labute approximate surface area is 168 Å². The van der Waals surface area contributed by atoms with E-state index in [9.17, 15) is 9.59 Å². The van der Waals surface area contributed by atoms with E-state index in [4.69, 9.17) is 4.74 Å². The lowest BCUT2D eigenvalue weighted by Crippen LogP contribution is -2.31. The number of rotatable bonds is 8. The molecule has 1 amide bonds. The van der Waals surface area contributed by atoms with Crippen molar-refractivity contribution in [2.45, 2.75) is 39.2 Å². The first kappa shape index (κ1) is 20.0. The van der Waals surface area contributed by atoms with Gasteiger partial charge in [-0.1, -0.05) is 43.3 Å². The predicted octanol–water partition coefficient (Wildman–Crippen LogP) is 4.21. The monoisotopic (exact) mass is 396 g/mol. The van der Waals surface area contributed by atoms with Gasteiger partial charge in [0, 0.05) is 6.42 Å². The predicted molar refractivity (Wildman–Crippen MR) is 111 cm³/mol. The SMILES string of the molecule is CCc1ccc(C(C)NC(=O)COC(=O)CCc2nc3ccccc3s2)cc1. The summed E-state index contributed by atoms with van der Waals surface area (Å²) in [4.78, 5) is 28.5. The molecule has 1 aromatic heterocycles. The van der Waals surface area contributed by atoms with Crippen LogP contribution in [0.2, 0.25) is 0 Å². The van der Waals surface area contributed by atoms with Crippen LogP contribution in [0.1, 0.15) is 42.4 Å². The maximum Gasteiger partial charge on any atom is 0.306 e. The Morgan fingerprint density at radius 2 is 1.89 bits per heavy atom. The minimum absolute atomic E-state index is 0.139. The van der Waals surface area contributed by atoms with E-state index in [2.05, 4.69) is 29.4 Å². The van der Waals surface area contributed by atoms with E-state index in [-0.39, 0.29) is 25.0 Å². The quantitative estimate of drug-likeness (QED) is 0.579. The molecule has 5 nitrogen and oxygen atoms in total. The van der Waals surface area contributed by atoms with Crippen molar-refractivity contribution in [3.8, 4) is 0 Å². The summed E-state index contributed by atoms with van der Waals surface area (Å²) in [6.07, 6.45) is 1.70. The Morgan fingerprint density at radius 3 is 2.61 bits per heavy atom. The normalized spacial score (nSPS) is 11.9. The molecule has 0 aliphatic heterocycles. The molecule has 146 valence electrons. The third-order valence-electron chi connectivity index (χ3n) is 4.51. The Hall–Kier alpha value is -2.73. The maximum absolute atomic E-state index is 12.0. The van der Waals surface area contributed by atoms with Gasteiger partial charge in [-0.05, 0) is 36.6 Å². The van der Waals surface area contributed by atoms with Crippen LogP contribution < -0.4 is 5.32 Å². The number of esters is 1. The Balaban J connectivity index is 1.41. The van der Waals surface area contributed by atoms with Crippen LogP contribution >= 0.6 is 11.3 Å². The van der Waals surface area contributed by atoms with Gasteiger partial charge in [0.15, 0.2) is 6.61 Å². The molecule has 1 atom stereocenters. The number of thiazole rings is 1. The summed E-state index contributed by atoms with van der Waals surface area (Å²) in [6, 6.07) is 15.9. The maximum atomic E-state index is 12.0. The molecule has 1 N–H and O–H groups in total. The lowest BCUT2D eigenvalue weighted by atomic mass is 10.1. The third-order valence-corrected chi connectivity index (χ3v) is 5.61. The van der Waals surface area contributed by atoms with Crippen LogP contribution in [0.4, 0.5) is 0 Å². The smallest absolute Gasteiger partial charge is 0.306 e. The molecule has 6 heteroatoms. The van der Waals surface area contributed by atoms with Crippen molar-refractivity contribution >= 4 is 33.4 Å². The largest absolute Gasteiger partial charge is 0.456 e. The highest BCUT2D eigenvalue weighted by atomic mass is 32.1. The molecule has 0 fully saturated rings. The van der Waals surface area contributed by atoms with Gasteiger partial charge >= 0.3 is 5.97 Å². The topological polar surface area (TPSA) is 68.3 Å². The van der Waals surface area contributed by atoms with Crippen molar-refractivity contribution in [3.05, 3.63) is 64.7 Å². The van der Waals surface area contributed by atoms with E-state index < -0.39 is 5.97 Å². The molecule has 1 heterocycles. The summed E-state index contributed by atoms with van der Waals surface area (Å²) in [5, 5.41) is 3.75. The van der Waals surface area contributed by atoms with Gasteiger partial charge in [-0.15, -0.1) is 11.3 Å². The molecular weight excluding hydrogens is 372 g/mol. The minimum atomic E-state index is -0.394. The first-order valence-electron chi connectivity index (χ1n) is 9.43. The number of aromatic nitrogens is 1. The lowest BCUT2D eigenvalue weighted by molar-refractivity contribution is -0.148. The first-order chi connectivity index (χ1) is 13.5. The molecule has 0 radical (unpaired) electrons. The van der Waals surface area contributed by atoms with Gasteiger partial charge < -0.3 is 10.1 Å². The number of nitrogens with one attached hydrogen (secondary N) is 1. The number of fused-ring (bicyclic) bond motifs is 1. The zero-order chi connectivity index (χ0) is 19.9. The van der Waals surface area contributed by atoms with Gasteiger partial charge in [-0.3, -0.25) is 9.59 Å². The van der Waals surface area contributed by atoms with E-state index in [1.807, 2.05) is 43.3 Å². The van der Waals surface area contributed by atoms with Gasteiger partial charge in [0.25, 0.3) is 5.91 Å². The fourth-order valence-corrected chi connectivity index (χ4v) is 3.83. The molecule has 0 saturated carbocycles. The van der Waals surface area contributed by atoms with Gasteiger partial charge in [0.1, 0.15) is 0 Å². The second-order valence-corrected chi connectivity index (χ2v) is 7.74. The van der Waals surface area contributed by atoms with Crippen molar-refractivity contribution in [1.82, 2.24) is 10.3 Å². The number of carbonyl (C=O) groups is 2. The van der Waals surface area contributed by atoms with Gasteiger partial charge in [-0.25, -0.2) is 4.98 Å². The number of hydrogen-bond donors (Lipinski definition) is 1. The zero-order valence-corrected chi connectivity index (χ0v) is 16.9. The average Bonchev–Trinajstić information content (AvgIpc) is 3.13. The van der Waals surface area contributed by atoms with E-state index >= 15 is 0 Å². The Morgan fingerprint density at radius 1 is 1.14 bits per heavy atom. The molecule has 3 rings (SSSR count). The number of amides is 1. The summed E-state index contributed by atoms with van der Waals surface area (Å²) in [6.45, 7) is 3.75. The van der Waals surface area contributed by atoms with E-state index in [0.717, 1.165) is 27.2 Å². The first-order valence-corrected chi connectivity index (χ1v) is 10.2. The van der Waals surface area contributed by atoms with Crippen LogP contribution in [0.25, 0.3) is 10.2 Å². The summed E-state index contributed by atoms with van der Waals surface area (Å²) >= 11 is 1.57. The summed E-state index contributed by atoms with van der Waals surface area (Å²) in [5.41, 5.74) is 3.22. The van der Waals surface area contributed by atoms with E-state index in [0.29, 0.717) is 6.42 Å². The molecule has 0 saturated heterocycles. The molecular formula is C22H24N2O3S. The molecule has 1 unspecified atom stereocenters. The highest BCUT2D eigenvalue weighted by molar-refractivity contribution is 7.18. The number of aryl methyl sites for hydroxylation is 2. The van der Waals surface area contributed by atoms with E-state index in [1.165, 1.54) is 5.56 Å². The molecule has 0 spiro atoms. The summed E-state index contributed by atoms with van der Waals surface area (Å²) in [7, 11) is 0. The van der Waals surface area contributed by atoms with Crippen LogP contribution in [0.5, 0.6) is 0 Å². The minimum Gasteiger partial charge on any atom is -0.456 e. The van der Waals surface area contributed by atoms with Crippen molar-refractivity contribution in [1.29, 1.82) is 0 Å². The van der Waals surface area contributed by atoms with Crippen molar-refractivity contribution in [2.24, 2.45) is 0 Å². The number of ether oxygens (including phenoxy) is 1. The molecule has 0 aliphatic carbocycles. The molecule has 2 aromatic carbocycles. The van der Waals surface area contributed by atoms with Crippen LogP contribution in [-0.2, 0) is 27.2 Å². The van der Waals surface area contributed by atoms with Gasteiger partial charge in [0.05, 0.1) is 27.7 Å². The number of benzene rings is 2. The van der Waals surface area contributed by atoms with E-state index in [1.54, 1.807) is 11.3 Å². The molecule has 0 bridgehead atoms. The summed E-state index contributed by atoms with van der Waals surface area (Å²) < 4.78 is 6.20. The second kappa shape index (κ2) is 9.46. The Bertz CT molecular complexity index is 917. The molecule has 3 aromatic rings. The molecule has 0 aliphatic rings. The fourth-order valence-electron chi connectivity index (χ4n) is 2.86. The van der Waals surface area contributed by atoms with Crippen molar-refractivity contribution in [2.75, 3.05) is 6.61 Å². The van der Waals surface area contributed by atoms with Crippen LogP contribution in [-0.4, -0.2) is 23.5 Å². The fraction of sp³-hybridized carbons (Fsp3) is 0.318. The zero-order valence-electron chi connectivity index (χ0n) is 16.1. The standard InChI is InChI=1S/C22H24N2O3S/c1-3-16-8-10-17(11-9-16)15(2)23-20(25)14-27-22(26)13-12-21-24-18-6-4-5-7-19(18)28-21/h4-11,15H,3,12-14H2,1-2H3,(H,23,25). The van der Waals surface area contributed by atoms with Crippen LogP contribution in [0, 0.1) is 0 Å². The number of carbonyl (C=O) groups excluding carboxylic acids is 2. The third kappa shape index (κ3) is 5.39. The van der Waals surface area contributed by atoms with Crippen LogP contribution in [0.15, 0.2) is 48.5 Å². The average molecular weight is 397 g/mol. The second-order valence-electron chi connectivity index (χ2n) is 6.62. The number of para-hydroxylation sites is 1. The van der Waals surface area contributed by atoms with Gasteiger partial charge in [-0.2, -0.15) is 0 Å². The van der Waals surface area contributed by atoms with Crippen LogP contribution in [0.3, 0.4) is 0 Å². The van der Waals surface area contributed by atoms with Crippen molar-refractivity contribution < 1.29 is 14.3 Å². The molecule has 28 heavy (non-hydrogen) atoms. The highest BCUT2D eigenvalue weighted by Gasteiger charge is 2.13. The number of nitrogens with zero attached hydrogens (tertiary/aromatic N) is 1. The summed E-state index contributed by atoms with van der Waals surface area (Å²) in [5.74, 6) is -0.699. The van der Waals surface area contributed by atoms with Gasteiger partial charge in [0.2, 0.25) is 0 Å². The Kier molecular flexibility index (Phi) is 6.76. The van der Waals surface area contributed by atoms with Crippen molar-refractivity contribution in [3.63, 3.8) is 0 Å². The lowest BCUT2D eigenvalue weighted by Gasteiger charge is -2.15.